The van der Waals surface area contributed by atoms with Crippen molar-refractivity contribution in [3.05, 3.63) is 0 Å². The van der Waals surface area contributed by atoms with Crippen LogP contribution in [0.2, 0.25) is 0 Å². The molecule has 12 aliphatic rings. The van der Waals surface area contributed by atoms with Crippen LogP contribution in [0.15, 0.2) is 0 Å². The molecule has 828 valence electrons. The zero-order chi connectivity index (χ0) is 105. The predicted molar refractivity (Wildman–Crippen MR) is 439 cm³/mol. The molecule has 0 spiro atoms. The Balaban J connectivity index is 0.871. The summed E-state index contributed by atoms with van der Waals surface area (Å²) >= 11 is 0. The monoisotopic (exact) mass is 2090 g/mol. The van der Waals surface area contributed by atoms with Crippen LogP contribution in [0.1, 0.15) is 41.5 Å². The van der Waals surface area contributed by atoms with E-state index < -0.39 is 458 Å². The zero-order valence-electron chi connectivity index (χ0n) is 77.0. The Morgan fingerprint density at radius 3 is 0.881 bits per heavy atom. The SMILES string of the molecule is CC(=O)N[C@H]1[C@H](O[C@H]2[C@H](O)[C@@H](NC(C)=O)C(O)O[C@@H]2CO[C@@H]2O[C@@H](C)[C@@H](O)[C@@H](O)[C@@H]2O)O[C@H](CO)[C@@H](O[C@@H]2O[C@H](CO[C@H]3O[C@H](CO)[C@@H](O)[C@H](O[C@H]4O[C@H](CO)[C@@H](O)[C@H](O)[C@@H]4O[C@H]4O[C@H](CO)[C@@H](O)[C@H](O)[C@@H]4O)[C@@H]3O)[C@@H](O)[C@H](O[C@H]3O[C@H](CO)[C@@H](O)[C@H](O)[C@@H]3O[C@@H]3O[C@H](CO)[C@@H](O[C@@H]4O[C@H](CO)[C@H](O)[C@H](O[C@H]5O[C@H](CO)[C@H](O)[C@H](O)[C@H]5NC(C)=O)[C@H]4O[C@@H]4O[C@@H](C)[C@@H](O)[C@@H](O)[C@@H]4O)[C@H](O)[C@H]3NC(C)=O)[C@@H]2O)[C@@H]1O. The summed E-state index contributed by atoms with van der Waals surface area (Å²) in [6.45, 7) is -5.49. The van der Waals surface area contributed by atoms with Crippen molar-refractivity contribution in [1.82, 2.24) is 21.3 Å². The molecule has 12 rings (SSSR count). The van der Waals surface area contributed by atoms with E-state index in [1.54, 1.807) is 0 Å². The molecule has 12 aliphatic heterocycles. The molecule has 0 saturated carbocycles. The van der Waals surface area contributed by atoms with E-state index in [4.69, 9.17) is 109 Å². The average molecular weight is 2100 g/mol. The lowest BCUT2D eigenvalue weighted by Gasteiger charge is -2.52. The van der Waals surface area contributed by atoms with Crippen LogP contribution in [0.25, 0.3) is 0 Å². The van der Waals surface area contributed by atoms with Crippen molar-refractivity contribution < 1.29 is 292 Å². The van der Waals surface area contributed by atoms with Crippen molar-refractivity contribution in [3.8, 4) is 0 Å². The number of aliphatic hydroxyl groups excluding tert-OH is 32. The first kappa shape index (κ1) is 117. The molecule has 12 fully saturated rings. The number of hydrogen-bond acceptors (Lipinski definition) is 59. The lowest BCUT2D eigenvalue weighted by Crippen LogP contribution is -2.71. The highest BCUT2D eigenvalue weighted by atomic mass is 16.8. The third-order valence-electron chi connectivity index (χ3n) is 26.6. The maximum absolute atomic E-state index is 13.5. The molecule has 0 aromatic heterocycles. The van der Waals surface area contributed by atoms with E-state index in [-0.39, 0.29) is 0 Å². The van der Waals surface area contributed by atoms with Gasteiger partial charge >= 0.3 is 0 Å². The van der Waals surface area contributed by atoms with Crippen LogP contribution in [-0.4, -0.2) is 621 Å². The van der Waals surface area contributed by atoms with Gasteiger partial charge in [0, 0.05) is 27.7 Å². The van der Waals surface area contributed by atoms with Gasteiger partial charge in [-0.3, -0.25) is 19.2 Å². The van der Waals surface area contributed by atoms with Gasteiger partial charge in [0.05, 0.1) is 78.3 Å². The van der Waals surface area contributed by atoms with Gasteiger partial charge in [0.15, 0.2) is 75.5 Å². The van der Waals surface area contributed by atoms with E-state index in [1.807, 2.05) is 0 Å². The van der Waals surface area contributed by atoms with Crippen molar-refractivity contribution in [2.75, 3.05) is 66.1 Å². The second kappa shape index (κ2) is 51.0. The van der Waals surface area contributed by atoms with Gasteiger partial charge in [0.2, 0.25) is 23.6 Å². The molecule has 0 radical (unpaired) electrons. The zero-order valence-corrected chi connectivity index (χ0v) is 77.0. The summed E-state index contributed by atoms with van der Waals surface area (Å²) in [5, 5.41) is 371. The van der Waals surface area contributed by atoms with Gasteiger partial charge in [-0.2, -0.15) is 0 Å². The number of ether oxygens (including phenoxy) is 23. The number of rotatable bonds is 36. The van der Waals surface area contributed by atoms with Crippen molar-refractivity contribution >= 4 is 23.6 Å². The van der Waals surface area contributed by atoms with Crippen molar-refractivity contribution in [3.63, 3.8) is 0 Å². The number of nitrogens with one attached hydrogen (secondary N) is 4. The lowest BCUT2D eigenvalue weighted by molar-refractivity contribution is -0.406. The van der Waals surface area contributed by atoms with Crippen LogP contribution >= 0.6 is 0 Å². The summed E-state index contributed by atoms with van der Waals surface area (Å²) < 4.78 is 138. The van der Waals surface area contributed by atoms with E-state index in [2.05, 4.69) is 21.3 Å². The molecule has 0 aliphatic carbocycles. The van der Waals surface area contributed by atoms with Gasteiger partial charge in [-0.05, 0) is 13.8 Å². The molecular weight excluding hydrogens is 1960 g/mol. The number of aliphatic hydroxyl groups is 32. The first-order valence-corrected chi connectivity index (χ1v) is 45.9. The first-order chi connectivity index (χ1) is 67.6. The van der Waals surface area contributed by atoms with E-state index in [0.717, 1.165) is 27.7 Å². The quantitative estimate of drug-likeness (QED) is 0.0277. The van der Waals surface area contributed by atoms with Crippen molar-refractivity contribution in [1.29, 1.82) is 0 Å². The molecule has 1 unspecified atom stereocenters. The Kier molecular flexibility index (Phi) is 41.8. The van der Waals surface area contributed by atoms with Crippen molar-refractivity contribution in [2.24, 2.45) is 0 Å². The average Bonchev–Trinajstić information content (AvgIpc) is 0.728. The fourth-order valence-electron chi connectivity index (χ4n) is 18.7. The highest BCUT2D eigenvalue weighted by Gasteiger charge is 2.64. The fourth-order valence-corrected chi connectivity index (χ4v) is 18.7. The van der Waals surface area contributed by atoms with Crippen LogP contribution in [0, 0.1) is 0 Å². The van der Waals surface area contributed by atoms with E-state index in [9.17, 15) is 183 Å². The number of carbonyl (C=O) groups is 4. The lowest BCUT2D eigenvalue weighted by atomic mass is 9.93. The Morgan fingerprint density at radius 1 is 0.196 bits per heavy atom. The van der Waals surface area contributed by atoms with Gasteiger partial charge in [-0.1, -0.05) is 0 Å². The van der Waals surface area contributed by atoms with E-state index in [1.165, 1.54) is 13.8 Å². The van der Waals surface area contributed by atoms with Gasteiger partial charge in [-0.15, -0.1) is 0 Å². The molecular formula is C80H134N4O59. The first-order valence-electron chi connectivity index (χ1n) is 45.9. The molecule has 12 heterocycles. The third-order valence-corrected chi connectivity index (χ3v) is 26.6. The maximum atomic E-state index is 13.5. The second-order valence-electron chi connectivity index (χ2n) is 36.6. The summed E-state index contributed by atoms with van der Waals surface area (Å²) in [5.74, 6) is -3.87. The van der Waals surface area contributed by atoms with Crippen LogP contribution in [0.5, 0.6) is 0 Å². The smallest absolute Gasteiger partial charge is 0.217 e. The Bertz CT molecular complexity index is 3960. The van der Waals surface area contributed by atoms with Gasteiger partial charge < -0.3 is 294 Å². The Hall–Kier alpha value is -4.32. The second-order valence-corrected chi connectivity index (χ2v) is 36.6. The third kappa shape index (κ3) is 25.8. The summed E-state index contributed by atoms with van der Waals surface area (Å²) in [4.78, 5) is 52.1. The van der Waals surface area contributed by atoms with Crippen molar-refractivity contribution in [2.45, 2.75) is 410 Å². The van der Waals surface area contributed by atoms with E-state index in [0.29, 0.717) is 0 Å². The number of hydrogen-bond donors (Lipinski definition) is 36. The minimum absolute atomic E-state index is 0.861. The molecule has 63 nitrogen and oxygen atoms in total. The minimum atomic E-state index is -2.71. The van der Waals surface area contributed by atoms with Gasteiger partial charge in [0.1, 0.15) is 281 Å². The van der Waals surface area contributed by atoms with E-state index >= 15 is 0 Å². The van der Waals surface area contributed by atoms with Gasteiger partial charge in [-0.25, -0.2) is 0 Å². The molecule has 0 aromatic rings. The maximum Gasteiger partial charge on any atom is 0.217 e. The number of carbonyl (C=O) groups excluding carboxylic acids is 4. The van der Waals surface area contributed by atoms with Crippen LogP contribution in [0.4, 0.5) is 0 Å². The highest BCUT2D eigenvalue weighted by molar-refractivity contribution is 5.74. The van der Waals surface area contributed by atoms with Crippen LogP contribution in [0.3, 0.4) is 0 Å². The molecule has 12 saturated heterocycles. The molecule has 143 heavy (non-hydrogen) atoms. The molecule has 60 atom stereocenters. The summed E-state index contributed by atoms with van der Waals surface area (Å²) in [7, 11) is 0. The fraction of sp³-hybridized carbons (Fsp3) is 0.950. The minimum Gasteiger partial charge on any atom is -0.394 e. The highest BCUT2D eigenvalue weighted by Crippen LogP contribution is 2.43. The Morgan fingerprint density at radius 2 is 0.441 bits per heavy atom. The standard InChI is InChI=1S/C80H134N4O59/c1-17-37(97)50(110)55(115)73(123-17)122-16-32-62(47(107)33(69(120)125-32)81-19(3)93)135-71-35(83-21(5)95)48(108)60(29(13-91)132-71)136-77-59(119)64(45(105)31(134-77)15-121-74-58(118)63(43(103)27(11-89)127-74)138-79-67(54(114)42(102)26(10-88)130-79)142-76-57(117)52(112)40(100)24(8-86)128-76)139-78-66(53(113)41(101)25(9-87)129-78)141-72-36(84-22(6)96)49(109)61(30(14-92)133-72)137-80-68(143-75-56(116)51(111)38(98)18(2)124-75)65(44(104)28(12-90)131-80)140-70-34(82-20(4)94)46(106)39(99)23(7-85)126-70/h17-18,23-80,85-92,97-120H,7-16H2,1-6H3,(H,81,93)(H,82,94)(H,83,95)(H,84,96)/t17-,18-,23+,24+,25+,26+,27+,28+,29+,30+,31+,32+,33+,34+,35+,36+,37+,38+,39-,40+,41+,42+,43+,44-,45+,46+,47+,48+,49+,50+,51+,52-,53-,54-,55-,56-,57-,58-,59-,60+,61+,62+,63-,64-,65-,66-,67-,68+,69?,70+,71-,72-,73+,74-,75-,76+,77-,78+,79+,80-/m0/s1. The molecule has 0 aromatic carbocycles. The summed E-state index contributed by atoms with van der Waals surface area (Å²) in [5.41, 5.74) is 0. The molecule has 4 amide bonds. The summed E-state index contributed by atoms with van der Waals surface area (Å²) in [6, 6.07) is -7.87. The van der Waals surface area contributed by atoms with Crippen LogP contribution in [-0.2, 0) is 128 Å². The van der Waals surface area contributed by atoms with Crippen LogP contribution < -0.4 is 21.3 Å². The van der Waals surface area contributed by atoms with Gasteiger partial charge in [0.25, 0.3) is 0 Å². The molecule has 36 N–H and O–H groups in total. The topological polar surface area (TPSA) is 976 Å². The largest absolute Gasteiger partial charge is 0.394 e. The normalized spacial score (nSPS) is 50.7. The molecule has 0 bridgehead atoms. The molecule has 63 heteroatoms. The Labute approximate surface area is 809 Å². The summed E-state index contributed by atoms with van der Waals surface area (Å²) in [6.07, 6.45) is -120. The predicted octanol–water partition coefficient (Wildman–Crippen LogP) is -24.5. The number of amides is 4.